The topological polar surface area (TPSA) is 37.3 Å². The van der Waals surface area contributed by atoms with Crippen LogP contribution >= 0.6 is 15.9 Å². The first-order chi connectivity index (χ1) is 7.02. The number of hydrogen-bond acceptors (Lipinski definition) is 2. The normalized spacial score (nSPS) is 40.3. The van der Waals surface area contributed by atoms with Crippen molar-refractivity contribution in [3.05, 3.63) is 11.1 Å². The van der Waals surface area contributed by atoms with E-state index < -0.39 is 0 Å². The molecule has 0 heterocycles. The van der Waals surface area contributed by atoms with Crippen LogP contribution < -0.4 is 0 Å². The average molecular weight is 273 g/mol. The molecule has 2 aliphatic carbocycles. The van der Waals surface area contributed by atoms with Gasteiger partial charge in [-0.15, -0.1) is 0 Å². The highest BCUT2D eigenvalue weighted by Gasteiger charge is 2.49. The van der Waals surface area contributed by atoms with Gasteiger partial charge in [0.25, 0.3) is 0 Å². The first kappa shape index (κ1) is 11.3. The molecule has 0 bridgehead atoms. The van der Waals surface area contributed by atoms with Crippen molar-refractivity contribution in [1.82, 2.24) is 0 Å². The van der Waals surface area contributed by atoms with Gasteiger partial charge in [-0.25, -0.2) is 0 Å². The van der Waals surface area contributed by atoms with E-state index in [4.69, 9.17) is 0 Å². The Balaban J connectivity index is 2.21. The second kappa shape index (κ2) is 4.02. The molecule has 0 aromatic heterocycles. The molecule has 0 aromatic carbocycles. The van der Waals surface area contributed by atoms with E-state index in [1.54, 1.807) is 0 Å². The Morgan fingerprint density at radius 1 is 1.60 bits per heavy atom. The highest BCUT2D eigenvalue weighted by Crippen LogP contribution is 2.54. The highest BCUT2D eigenvalue weighted by molar-refractivity contribution is 9.11. The Labute approximate surface area is 98.9 Å². The third kappa shape index (κ3) is 2.18. The van der Waals surface area contributed by atoms with Crippen LogP contribution in [0.2, 0.25) is 0 Å². The van der Waals surface area contributed by atoms with Gasteiger partial charge in [0, 0.05) is 12.8 Å². The maximum absolute atomic E-state index is 11.6. The predicted octanol–water partition coefficient (Wildman–Crippen LogP) is 2.80. The molecule has 0 aliphatic heterocycles. The number of allylic oxidation sites excluding steroid dienone is 1. The largest absolute Gasteiger partial charge is 0.393 e. The molecular weight excluding hydrogens is 256 g/mol. The van der Waals surface area contributed by atoms with E-state index in [0.29, 0.717) is 24.5 Å². The zero-order chi connectivity index (χ0) is 11.1. The number of carbonyl (C=O) groups excluding carboxylic acids is 1. The van der Waals surface area contributed by atoms with Gasteiger partial charge in [0.2, 0.25) is 0 Å². The number of fused-ring (bicyclic) bond motifs is 1. The minimum atomic E-state index is -0.223. The van der Waals surface area contributed by atoms with Gasteiger partial charge in [0.15, 0.2) is 0 Å². The second-order valence-electron chi connectivity index (χ2n) is 5.11. The number of rotatable bonds is 2. The molecule has 84 valence electrons. The molecule has 0 saturated heterocycles. The van der Waals surface area contributed by atoms with Crippen LogP contribution in [0.3, 0.4) is 0 Å². The fourth-order valence-electron chi connectivity index (χ4n) is 3.37. The van der Waals surface area contributed by atoms with Crippen LogP contribution in [0.4, 0.5) is 0 Å². The summed E-state index contributed by atoms with van der Waals surface area (Å²) in [7, 11) is 0. The fourth-order valence-corrected chi connectivity index (χ4v) is 3.93. The van der Waals surface area contributed by atoms with Crippen molar-refractivity contribution in [2.75, 3.05) is 0 Å². The van der Waals surface area contributed by atoms with Crippen molar-refractivity contribution in [2.45, 2.75) is 44.6 Å². The summed E-state index contributed by atoms with van der Waals surface area (Å²) in [5.74, 6) is 0.838. The lowest BCUT2D eigenvalue weighted by Crippen LogP contribution is -2.35. The van der Waals surface area contributed by atoms with Crippen LogP contribution in [-0.4, -0.2) is 17.0 Å². The molecule has 2 saturated carbocycles. The number of Topliss-reactive ketones (excluding diaryl/α,β-unsaturated/α-hetero) is 1. The van der Waals surface area contributed by atoms with Gasteiger partial charge < -0.3 is 5.11 Å². The van der Waals surface area contributed by atoms with Gasteiger partial charge in [-0.05, 0) is 41.5 Å². The van der Waals surface area contributed by atoms with Crippen molar-refractivity contribution in [3.63, 3.8) is 0 Å². The standard InChI is InChI=1S/C12H17BrO2/c1-8(13)5-12-6-10(14)3-2-9(12)4-11(15)7-12/h9-10,14H,1-7H2/t9-,10-,12+/m0/s1. The minimum absolute atomic E-state index is 0.00926. The van der Waals surface area contributed by atoms with Gasteiger partial charge >= 0.3 is 0 Å². The maximum atomic E-state index is 11.6. The number of halogens is 1. The lowest BCUT2D eigenvalue weighted by atomic mass is 9.65. The number of aliphatic hydroxyl groups excluding tert-OH is 1. The molecule has 2 aliphatic rings. The Kier molecular flexibility index (Phi) is 3.04. The van der Waals surface area contributed by atoms with Gasteiger partial charge in [0.1, 0.15) is 5.78 Å². The third-order valence-corrected chi connectivity index (χ3v) is 4.20. The minimum Gasteiger partial charge on any atom is -0.393 e. The molecule has 0 unspecified atom stereocenters. The molecule has 2 nitrogen and oxygen atoms in total. The lowest BCUT2D eigenvalue weighted by Gasteiger charge is -2.41. The van der Waals surface area contributed by atoms with Crippen LogP contribution in [0.1, 0.15) is 38.5 Å². The molecule has 2 fully saturated rings. The Morgan fingerprint density at radius 3 is 3.00 bits per heavy atom. The number of carbonyl (C=O) groups is 1. The average Bonchev–Trinajstić information content (AvgIpc) is 2.38. The summed E-state index contributed by atoms with van der Waals surface area (Å²) in [4.78, 5) is 11.6. The van der Waals surface area contributed by atoms with Gasteiger partial charge in [-0.1, -0.05) is 22.5 Å². The molecule has 0 amide bonds. The van der Waals surface area contributed by atoms with E-state index in [1.807, 2.05) is 0 Å². The molecular formula is C12H17BrO2. The summed E-state index contributed by atoms with van der Waals surface area (Å²) in [6, 6.07) is 0. The molecule has 2 rings (SSSR count). The molecule has 0 spiro atoms. The first-order valence-electron chi connectivity index (χ1n) is 5.55. The van der Waals surface area contributed by atoms with Crippen LogP contribution in [0.5, 0.6) is 0 Å². The molecule has 3 heteroatoms. The van der Waals surface area contributed by atoms with Crippen molar-refractivity contribution >= 4 is 21.7 Å². The van der Waals surface area contributed by atoms with Crippen LogP contribution in [0.15, 0.2) is 11.1 Å². The van der Waals surface area contributed by atoms with Gasteiger partial charge in [0.05, 0.1) is 6.10 Å². The Hall–Kier alpha value is -0.150. The second-order valence-corrected chi connectivity index (χ2v) is 6.23. The van der Waals surface area contributed by atoms with Crippen LogP contribution in [0.25, 0.3) is 0 Å². The Morgan fingerprint density at radius 2 is 2.33 bits per heavy atom. The monoisotopic (exact) mass is 272 g/mol. The van der Waals surface area contributed by atoms with E-state index in [9.17, 15) is 9.90 Å². The van der Waals surface area contributed by atoms with E-state index >= 15 is 0 Å². The third-order valence-electron chi connectivity index (χ3n) is 3.92. The van der Waals surface area contributed by atoms with E-state index in [2.05, 4.69) is 22.5 Å². The van der Waals surface area contributed by atoms with Crippen molar-refractivity contribution < 1.29 is 9.90 Å². The van der Waals surface area contributed by atoms with Crippen molar-refractivity contribution in [1.29, 1.82) is 0 Å². The van der Waals surface area contributed by atoms with Gasteiger partial charge in [-0.3, -0.25) is 4.79 Å². The molecule has 3 atom stereocenters. The highest BCUT2D eigenvalue weighted by atomic mass is 79.9. The SMILES string of the molecule is C=C(Br)C[C@@]12CC(=O)C[C@@H]1CC[C@H](O)C2. The molecule has 0 radical (unpaired) electrons. The number of ketones is 1. The van der Waals surface area contributed by atoms with E-state index in [1.165, 1.54) is 0 Å². The summed E-state index contributed by atoms with van der Waals surface area (Å²) < 4.78 is 0.955. The Bertz CT molecular complexity index is 300. The van der Waals surface area contributed by atoms with E-state index in [0.717, 1.165) is 30.2 Å². The van der Waals surface area contributed by atoms with Crippen molar-refractivity contribution in [2.24, 2.45) is 11.3 Å². The predicted molar refractivity (Wildman–Crippen MR) is 62.7 cm³/mol. The molecule has 1 N–H and O–H groups in total. The number of aliphatic hydroxyl groups is 1. The fraction of sp³-hybridized carbons (Fsp3) is 0.750. The van der Waals surface area contributed by atoms with Crippen LogP contribution in [0, 0.1) is 11.3 Å². The zero-order valence-corrected chi connectivity index (χ0v) is 10.4. The van der Waals surface area contributed by atoms with Gasteiger partial charge in [-0.2, -0.15) is 0 Å². The van der Waals surface area contributed by atoms with E-state index in [-0.39, 0.29) is 11.5 Å². The summed E-state index contributed by atoms with van der Waals surface area (Å²) in [6.45, 7) is 3.88. The summed E-state index contributed by atoms with van der Waals surface area (Å²) in [5.41, 5.74) is 0.00926. The van der Waals surface area contributed by atoms with Crippen molar-refractivity contribution in [3.8, 4) is 0 Å². The lowest BCUT2D eigenvalue weighted by molar-refractivity contribution is -0.118. The van der Waals surface area contributed by atoms with Crippen LogP contribution in [-0.2, 0) is 4.79 Å². The molecule has 0 aromatic rings. The summed E-state index contributed by atoms with van der Waals surface area (Å²) in [6.07, 6.45) is 4.58. The molecule has 15 heavy (non-hydrogen) atoms. The zero-order valence-electron chi connectivity index (χ0n) is 8.84. The number of hydrogen-bond donors (Lipinski definition) is 1. The quantitative estimate of drug-likeness (QED) is 0.840. The first-order valence-corrected chi connectivity index (χ1v) is 6.34. The summed E-state index contributed by atoms with van der Waals surface area (Å²) >= 11 is 3.39. The maximum Gasteiger partial charge on any atom is 0.133 e. The smallest absolute Gasteiger partial charge is 0.133 e. The summed E-state index contributed by atoms with van der Waals surface area (Å²) in [5, 5.41) is 9.76.